The van der Waals surface area contributed by atoms with Crippen LogP contribution in [-0.2, 0) is 14.8 Å². The standard InChI is InChI=1S/C14H20N2O3S/c1-10(2)15-20(18,19)12-6-7-13(11(3)9-12)16-8-4-5-14(16)17/h6-7,9-10,15H,4-5,8H2,1-3H3. The van der Waals surface area contributed by atoms with Crippen molar-refractivity contribution in [2.45, 2.75) is 44.6 Å². The maximum Gasteiger partial charge on any atom is 0.240 e. The van der Waals surface area contributed by atoms with Gasteiger partial charge in [-0.25, -0.2) is 13.1 Å². The first-order valence-electron chi connectivity index (χ1n) is 6.74. The van der Waals surface area contributed by atoms with Gasteiger partial charge < -0.3 is 4.90 Å². The van der Waals surface area contributed by atoms with Crippen molar-refractivity contribution in [2.75, 3.05) is 11.4 Å². The summed E-state index contributed by atoms with van der Waals surface area (Å²) in [5, 5.41) is 0. The van der Waals surface area contributed by atoms with E-state index < -0.39 is 10.0 Å². The molecule has 6 heteroatoms. The van der Waals surface area contributed by atoms with Gasteiger partial charge in [0.05, 0.1) is 4.90 Å². The fourth-order valence-corrected chi connectivity index (χ4v) is 3.71. The monoisotopic (exact) mass is 296 g/mol. The molecule has 0 aromatic heterocycles. The Labute approximate surface area is 120 Å². The number of anilines is 1. The number of amides is 1. The van der Waals surface area contributed by atoms with E-state index in [-0.39, 0.29) is 16.8 Å². The maximum absolute atomic E-state index is 12.1. The second-order valence-corrected chi connectivity index (χ2v) is 7.09. The molecule has 110 valence electrons. The molecule has 1 aliphatic heterocycles. The number of nitrogens with zero attached hydrogens (tertiary/aromatic N) is 1. The molecule has 20 heavy (non-hydrogen) atoms. The van der Waals surface area contributed by atoms with Gasteiger partial charge in [-0.2, -0.15) is 0 Å². The second-order valence-electron chi connectivity index (χ2n) is 5.37. The quantitative estimate of drug-likeness (QED) is 0.921. The minimum absolute atomic E-state index is 0.101. The molecule has 5 nitrogen and oxygen atoms in total. The Kier molecular flexibility index (Phi) is 4.15. The number of aryl methyl sites for hydroxylation is 1. The minimum Gasteiger partial charge on any atom is -0.312 e. The molecular formula is C14H20N2O3S. The molecule has 1 aliphatic rings. The third-order valence-electron chi connectivity index (χ3n) is 3.23. The molecule has 1 fully saturated rings. The highest BCUT2D eigenvalue weighted by Crippen LogP contribution is 2.27. The van der Waals surface area contributed by atoms with Gasteiger partial charge in [0.15, 0.2) is 0 Å². The molecule has 0 saturated carbocycles. The highest BCUT2D eigenvalue weighted by atomic mass is 32.2. The third-order valence-corrected chi connectivity index (χ3v) is 4.89. The lowest BCUT2D eigenvalue weighted by molar-refractivity contribution is -0.117. The normalized spacial score (nSPS) is 16.2. The molecule has 0 atom stereocenters. The highest BCUT2D eigenvalue weighted by Gasteiger charge is 2.24. The van der Waals surface area contributed by atoms with Gasteiger partial charge in [0.1, 0.15) is 0 Å². The van der Waals surface area contributed by atoms with Crippen LogP contribution in [0, 0.1) is 6.92 Å². The number of benzene rings is 1. The lowest BCUT2D eigenvalue weighted by Crippen LogP contribution is -2.30. The lowest BCUT2D eigenvalue weighted by atomic mass is 10.2. The van der Waals surface area contributed by atoms with Crippen molar-refractivity contribution < 1.29 is 13.2 Å². The molecule has 1 saturated heterocycles. The zero-order chi connectivity index (χ0) is 14.9. The molecule has 0 spiro atoms. The highest BCUT2D eigenvalue weighted by molar-refractivity contribution is 7.89. The number of sulfonamides is 1. The molecule has 1 aromatic carbocycles. The van der Waals surface area contributed by atoms with Crippen LogP contribution in [0.1, 0.15) is 32.3 Å². The van der Waals surface area contributed by atoms with Crippen LogP contribution in [0.15, 0.2) is 23.1 Å². The Balaban J connectivity index is 2.33. The van der Waals surface area contributed by atoms with E-state index in [0.29, 0.717) is 13.0 Å². The van der Waals surface area contributed by atoms with Gasteiger partial charge in [0, 0.05) is 24.7 Å². The Morgan fingerprint density at radius 1 is 1.30 bits per heavy atom. The van der Waals surface area contributed by atoms with Crippen molar-refractivity contribution in [3.8, 4) is 0 Å². The number of hydrogen-bond acceptors (Lipinski definition) is 3. The number of hydrogen-bond donors (Lipinski definition) is 1. The molecular weight excluding hydrogens is 276 g/mol. The van der Waals surface area contributed by atoms with Crippen LogP contribution < -0.4 is 9.62 Å². The van der Waals surface area contributed by atoms with Crippen molar-refractivity contribution in [1.82, 2.24) is 4.72 Å². The van der Waals surface area contributed by atoms with Gasteiger partial charge in [-0.15, -0.1) is 0 Å². The van der Waals surface area contributed by atoms with Crippen LogP contribution in [0.4, 0.5) is 5.69 Å². The van der Waals surface area contributed by atoms with Crippen molar-refractivity contribution in [2.24, 2.45) is 0 Å². The van der Waals surface area contributed by atoms with E-state index in [1.165, 1.54) is 0 Å². The largest absolute Gasteiger partial charge is 0.312 e. The average Bonchev–Trinajstić information content (AvgIpc) is 2.73. The Morgan fingerprint density at radius 2 is 2.00 bits per heavy atom. The van der Waals surface area contributed by atoms with Gasteiger partial charge in [-0.1, -0.05) is 0 Å². The van der Waals surface area contributed by atoms with Gasteiger partial charge in [0.2, 0.25) is 15.9 Å². The number of rotatable bonds is 4. The molecule has 1 aromatic rings. The molecule has 0 bridgehead atoms. The first-order chi connectivity index (χ1) is 9.31. The van der Waals surface area contributed by atoms with Gasteiger partial charge in [0.25, 0.3) is 0 Å². The fourth-order valence-electron chi connectivity index (χ4n) is 2.38. The van der Waals surface area contributed by atoms with Crippen molar-refractivity contribution in [3.05, 3.63) is 23.8 Å². The van der Waals surface area contributed by atoms with Crippen molar-refractivity contribution in [1.29, 1.82) is 0 Å². The predicted octanol–water partition coefficient (Wildman–Crippen LogP) is 1.81. The van der Waals surface area contributed by atoms with Gasteiger partial charge in [-0.05, 0) is 51.0 Å². The first-order valence-corrected chi connectivity index (χ1v) is 8.23. The molecule has 0 radical (unpaired) electrons. The zero-order valence-corrected chi connectivity index (χ0v) is 12.8. The van der Waals surface area contributed by atoms with E-state index in [0.717, 1.165) is 17.7 Å². The van der Waals surface area contributed by atoms with E-state index in [2.05, 4.69) is 4.72 Å². The molecule has 0 unspecified atom stereocenters. The number of carbonyl (C=O) groups excluding carboxylic acids is 1. The summed E-state index contributed by atoms with van der Waals surface area (Å²) in [7, 11) is -3.49. The predicted molar refractivity (Wildman–Crippen MR) is 78.2 cm³/mol. The Morgan fingerprint density at radius 3 is 2.50 bits per heavy atom. The first kappa shape index (κ1) is 15.0. The summed E-state index contributed by atoms with van der Waals surface area (Å²) in [5.41, 5.74) is 1.60. The lowest BCUT2D eigenvalue weighted by Gasteiger charge is -2.19. The summed E-state index contributed by atoms with van der Waals surface area (Å²) < 4.78 is 26.8. The summed E-state index contributed by atoms with van der Waals surface area (Å²) in [4.78, 5) is 13.7. The number of nitrogens with one attached hydrogen (secondary N) is 1. The maximum atomic E-state index is 12.1. The van der Waals surface area contributed by atoms with Gasteiger partial charge in [-0.3, -0.25) is 4.79 Å². The van der Waals surface area contributed by atoms with Crippen LogP contribution in [-0.4, -0.2) is 26.9 Å². The third kappa shape index (κ3) is 3.02. The Hall–Kier alpha value is -1.40. The SMILES string of the molecule is Cc1cc(S(=O)(=O)NC(C)C)ccc1N1CCCC1=O. The molecule has 1 amide bonds. The summed E-state index contributed by atoms with van der Waals surface area (Å²) >= 11 is 0. The van der Waals surface area contributed by atoms with Crippen LogP contribution in [0.2, 0.25) is 0 Å². The topological polar surface area (TPSA) is 66.5 Å². The van der Waals surface area contributed by atoms with Crippen LogP contribution >= 0.6 is 0 Å². The fraction of sp³-hybridized carbons (Fsp3) is 0.500. The minimum atomic E-state index is -3.49. The van der Waals surface area contributed by atoms with Crippen LogP contribution in [0.5, 0.6) is 0 Å². The zero-order valence-electron chi connectivity index (χ0n) is 12.0. The molecule has 0 aliphatic carbocycles. The summed E-state index contributed by atoms with van der Waals surface area (Å²) in [5.74, 6) is 0.101. The van der Waals surface area contributed by atoms with Crippen molar-refractivity contribution in [3.63, 3.8) is 0 Å². The van der Waals surface area contributed by atoms with Crippen molar-refractivity contribution >= 4 is 21.6 Å². The van der Waals surface area contributed by atoms with E-state index in [9.17, 15) is 13.2 Å². The van der Waals surface area contributed by atoms with Gasteiger partial charge >= 0.3 is 0 Å². The van der Waals surface area contributed by atoms with Crippen LogP contribution in [0.25, 0.3) is 0 Å². The summed E-state index contributed by atoms with van der Waals surface area (Å²) in [6.07, 6.45) is 1.42. The van der Waals surface area contributed by atoms with Crippen LogP contribution in [0.3, 0.4) is 0 Å². The van der Waals surface area contributed by atoms with E-state index in [1.54, 1.807) is 36.9 Å². The number of carbonyl (C=O) groups is 1. The summed E-state index contributed by atoms with van der Waals surface area (Å²) in [6.45, 7) is 6.09. The van der Waals surface area contributed by atoms with E-state index in [4.69, 9.17) is 0 Å². The molecule has 1 N–H and O–H groups in total. The van der Waals surface area contributed by atoms with E-state index in [1.807, 2.05) is 6.92 Å². The molecule has 2 rings (SSSR count). The molecule has 1 heterocycles. The second kappa shape index (κ2) is 5.54. The van der Waals surface area contributed by atoms with E-state index >= 15 is 0 Å². The average molecular weight is 296 g/mol. The Bertz CT molecular complexity index is 623. The smallest absolute Gasteiger partial charge is 0.240 e. The summed E-state index contributed by atoms with van der Waals surface area (Å²) in [6, 6.07) is 4.73.